The first-order valence-electron chi connectivity index (χ1n) is 13.0. The largest absolute Gasteiger partial charge is 0.368 e. The number of hydrogen-bond donors (Lipinski definition) is 0. The standard InChI is InChI=1S/C29H32ClFN6O/c1-21-22(20-34-10-12-36(13-11-34)27-8-4-3-6-24(27)30)18-28(33(21)2)29(38)37-16-14-35(15-17-37)26-9-5-7-25(31)23(26)19-32/h3-9,18H,10-17,20H2,1-2H3. The number of benzene rings is 2. The summed E-state index contributed by atoms with van der Waals surface area (Å²) in [5.74, 6) is -0.509. The first-order chi connectivity index (χ1) is 18.4. The molecule has 3 aromatic rings. The van der Waals surface area contributed by atoms with Crippen molar-refractivity contribution in [3.63, 3.8) is 0 Å². The molecule has 3 heterocycles. The zero-order valence-electron chi connectivity index (χ0n) is 21.8. The normalized spacial score (nSPS) is 16.6. The third-order valence-corrected chi connectivity index (χ3v) is 8.15. The average Bonchev–Trinajstić information content (AvgIpc) is 3.22. The molecule has 0 saturated carbocycles. The molecule has 198 valence electrons. The van der Waals surface area contributed by atoms with Gasteiger partial charge in [0, 0.05) is 71.6 Å². The van der Waals surface area contributed by atoms with Crippen LogP contribution in [0.15, 0.2) is 48.5 Å². The SMILES string of the molecule is Cc1c(CN2CCN(c3ccccc3Cl)CC2)cc(C(=O)N2CCN(c3cccc(F)c3C#N)CC2)n1C. The summed E-state index contributed by atoms with van der Waals surface area (Å²) in [7, 11) is 1.95. The topological polar surface area (TPSA) is 58.8 Å². The fourth-order valence-corrected chi connectivity index (χ4v) is 5.68. The monoisotopic (exact) mass is 534 g/mol. The summed E-state index contributed by atoms with van der Waals surface area (Å²) in [5, 5.41) is 10.2. The second-order valence-electron chi connectivity index (χ2n) is 9.94. The Bertz CT molecular complexity index is 1370. The van der Waals surface area contributed by atoms with Crippen LogP contribution in [-0.2, 0) is 13.6 Å². The average molecular weight is 535 g/mol. The van der Waals surface area contributed by atoms with Gasteiger partial charge in [-0.3, -0.25) is 9.69 Å². The highest BCUT2D eigenvalue weighted by molar-refractivity contribution is 6.33. The molecule has 1 aromatic heterocycles. The number of nitriles is 1. The van der Waals surface area contributed by atoms with Crippen LogP contribution < -0.4 is 9.80 Å². The van der Waals surface area contributed by atoms with Crippen molar-refractivity contribution in [1.29, 1.82) is 5.26 Å². The highest BCUT2D eigenvalue weighted by Gasteiger charge is 2.27. The summed E-state index contributed by atoms with van der Waals surface area (Å²) >= 11 is 6.39. The van der Waals surface area contributed by atoms with E-state index in [4.69, 9.17) is 11.6 Å². The van der Waals surface area contributed by atoms with Gasteiger partial charge in [-0.05, 0) is 42.8 Å². The Labute approximate surface area is 228 Å². The van der Waals surface area contributed by atoms with Crippen molar-refractivity contribution in [3.05, 3.63) is 81.9 Å². The van der Waals surface area contributed by atoms with Gasteiger partial charge in [0.2, 0.25) is 0 Å². The minimum Gasteiger partial charge on any atom is -0.368 e. The van der Waals surface area contributed by atoms with E-state index in [0.717, 1.165) is 49.1 Å². The Hall–Kier alpha value is -3.54. The number of anilines is 2. The number of carbonyl (C=O) groups is 1. The van der Waals surface area contributed by atoms with Crippen LogP contribution in [0.1, 0.15) is 27.3 Å². The molecule has 7 nitrogen and oxygen atoms in total. The molecule has 2 aliphatic heterocycles. The number of nitrogens with zero attached hydrogens (tertiary/aromatic N) is 6. The van der Waals surface area contributed by atoms with Gasteiger partial charge in [-0.1, -0.05) is 29.8 Å². The minimum absolute atomic E-state index is 0.00443. The van der Waals surface area contributed by atoms with Crippen molar-refractivity contribution < 1.29 is 9.18 Å². The molecule has 2 fully saturated rings. The van der Waals surface area contributed by atoms with Gasteiger partial charge >= 0.3 is 0 Å². The quantitative estimate of drug-likeness (QED) is 0.489. The predicted molar refractivity (Wildman–Crippen MR) is 148 cm³/mol. The maximum absolute atomic E-state index is 14.1. The van der Waals surface area contributed by atoms with Crippen LogP contribution in [0, 0.1) is 24.1 Å². The molecular formula is C29H32ClFN6O. The number of carbonyl (C=O) groups excluding carboxylic acids is 1. The van der Waals surface area contributed by atoms with Gasteiger partial charge < -0.3 is 19.3 Å². The van der Waals surface area contributed by atoms with E-state index in [1.165, 1.54) is 11.6 Å². The second-order valence-corrected chi connectivity index (χ2v) is 10.3. The molecule has 0 radical (unpaired) electrons. The Kier molecular flexibility index (Phi) is 7.59. The molecule has 0 spiro atoms. The molecule has 0 N–H and O–H groups in total. The molecule has 38 heavy (non-hydrogen) atoms. The number of hydrogen-bond acceptors (Lipinski definition) is 5. The summed E-state index contributed by atoms with van der Waals surface area (Å²) in [5.41, 5.74) is 4.68. The van der Waals surface area contributed by atoms with E-state index in [2.05, 4.69) is 22.8 Å². The molecule has 2 aromatic carbocycles. The van der Waals surface area contributed by atoms with Crippen LogP contribution >= 0.6 is 11.6 Å². The van der Waals surface area contributed by atoms with Crippen LogP contribution in [0.2, 0.25) is 5.02 Å². The molecular weight excluding hydrogens is 503 g/mol. The summed E-state index contributed by atoms with van der Waals surface area (Å²) in [4.78, 5) is 22.1. The first kappa shape index (κ1) is 26.1. The number of halogens is 2. The summed E-state index contributed by atoms with van der Waals surface area (Å²) in [6, 6.07) is 16.7. The first-order valence-corrected chi connectivity index (χ1v) is 13.3. The zero-order valence-corrected chi connectivity index (χ0v) is 22.6. The van der Waals surface area contributed by atoms with E-state index in [-0.39, 0.29) is 11.5 Å². The lowest BCUT2D eigenvalue weighted by atomic mass is 10.1. The summed E-state index contributed by atoms with van der Waals surface area (Å²) < 4.78 is 16.1. The fraction of sp³-hybridized carbons (Fsp3) is 0.379. The molecule has 9 heteroatoms. The van der Waals surface area contributed by atoms with Crippen molar-refractivity contribution >= 4 is 28.9 Å². The van der Waals surface area contributed by atoms with Crippen LogP contribution in [0.4, 0.5) is 15.8 Å². The van der Waals surface area contributed by atoms with Crippen molar-refractivity contribution in [2.24, 2.45) is 7.05 Å². The lowest BCUT2D eigenvalue weighted by Crippen LogP contribution is -2.49. The van der Waals surface area contributed by atoms with Gasteiger partial charge in [0.15, 0.2) is 0 Å². The Balaban J connectivity index is 1.21. The van der Waals surface area contributed by atoms with Crippen molar-refractivity contribution in [2.75, 3.05) is 62.2 Å². The lowest BCUT2D eigenvalue weighted by molar-refractivity contribution is 0.0737. The summed E-state index contributed by atoms with van der Waals surface area (Å²) in [6.45, 7) is 8.67. The van der Waals surface area contributed by atoms with Gasteiger partial charge in [0.05, 0.1) is 16.4 Å². The highest BCUT2D eigenvalue weighted by Crippen LogP contribution is 2.27. The molecule has 2 aliphatic rings. The Morgan fingerprint density at radius 1 is 0.947 bits per heavy atom. The van der Waals surface area contributed by atoms with Crippen LogP contribution in [0.5, 0.6) is 0 Å². The number of piperazine rings is 2. The molecule has 1 amide bonds. The minimum atomic E-state index is -0.513. The number of amides is 1. The van der Waals surface area contributed by atoms with Crippen LogP contribution in [0.25, 0.3) is 0 Å². The summed E-state index contributed by atoms with van der Waals surface area (Å²) in [6.07, 6.45) is 0. The maximum atomic E-state index is 14.1. The molecule has 5 rings (SSSR count). The van der Waals surface area contributed by atoms with Crippen molar-refractivity contribution in [1.82, 2.24) is 14.4 Å². The van der Waals surface area contributed by atoms with E-state index in [1.54, 1.807) is 12.1 Å². The second kappa shape index (κ2) is 11.1. The molecule has 0 aliphatic carbocycles. The van der Waals surface area contributed by atoms with Gasteiger partial charge in [-0.2, -0.15) is 5.26 Å². The fourth-order valence-electron chi connectivity index (χ4n) is 5.42. The smallest absolute Gasteiger partial charge is 0.270 e. The van der Waals surface area contributed by atoms with Gasteiger partial charge in [0.25, 0.3) is 5.91 Å². The van der Waals surface area contributed by atoms with Crippen LogP contribution in [0.3, 0.4) is 0 Å². The zero-order chi connectivity index (χ0) is 26.8. The number of rotatable bonds is 5. The molecule has 2 saturated heterocycles. The third kappa shape index (κ3) is 5.09. The van der Waals surface area contributed by atoms with Gasteiger partial charge in [0.1, 0.15) is 23.1 Å². The lowest BCUT2D eigenvalue weighted by Gasteiger charge is -2.36. The Morgan fingerprint density at radius 3 is 2.26 bits per heavy atom. The van der Waals surface area contributed by atoms with E-state index >= 15 is 0 Å². The predicted octanol–water partition coefficient (Wildman–Crippen LogP) is 4.28. The number of aromatic nitrogens is 1. The Morgan fingerprint density at radius 2 is 1.58 bits per heavy atom. The molecule has 0 bridgehead atoms. The van der Waals surface area contributed by atoms with E-state index in [1.807, 2.05) is 51.7 Å². The maximum Gasteiger partial charge on any atom is 0.270 e. The number of para-hydroxylation sites is 1. The van der Waals surface area contributed by atoms with Crippen LogP contribution in [-0.4, -0.2) is 72.6 Å². The third-order valence-electron chi connectivity index (χ3n) is 7.83. The molecule has 0 atom stereocenters. The van der Waals surface area contributed by atoms with E-state index in [9.17, 15) is 14.4 Å². The molecule has 0 unspecified atom stereocenters. The van der Waals surface area contributed by atoms with Gasteiger partial charge in [-0.25, -0.2) is 4.39 Å². The van der Waals surface area contributed by atoms with E-state index < -0.39 is 5.82 Å². The van der Waals surface area contributed by atoms with E-state index in [0.29, 0.717) is 37.6 Å². The van der Waals surface area contributed by atoms with Crippen molar-refractivity contribution in [3.8, 4) is 6.07 Å². The highest BCUT2D eigenvalue weighted by atomic mass is 35.5. The van der Waals surface area contributed by atoms with Gasteiger partial charge in [-0.15, -0.1) is 0 Å². The van der Waals surface area contributed by atoms with Crippen molar-refractivity contribution in [2.45, 2.75) is 13.5 Å².